The van der Waals surface area contributed by atoms with Crippen LogP contribution in [0.5, 0.6) is 0 Å². The number of Topliss-reactive ketones (excluding diaryl/α,β-unsaturated/α-hetero) is 1. The molecule has 1 heterocycles. The minimum absolute atomic E-state index is 0.0937. The van der Waals surface area contributed by atoms with Crippen LogP contribution in [0, 0.1) is 0 Å². The van der Waals surface area contributed by atoms with Gasteiger partial charge in [-0.05, 0) is 31.6 Å². The van der Waals surface area contributed by atoms with Crippen molar-refractivity contribution in [2.75, 3.05) is 13.2 Å². The van der Waals surface area contributed by atoms with Gasteiger partial charge < -0.3 is 9.84 Å². The van der Waals surface area contributed by atoms with Gasteiger partial charge in [0.15, 0.2) is 0 Å². The second-order valence-corrected chi connectivity index (χ2v) is 4.28. The molecule has 5 heteroatoms. The molecule has 1 aromatic heterocycles. The largest absolute Gasteiger partial charge is 0.460 e. The number of carbonyl (C=O) groups excluding carboxylic acids is 2. The topological polar surface area (TPSA) is 63.6 Å². The molecule has 1 rings (SSSR count). The highest BCUT2D eigenvalue weighted by atomic mass is 32.1. The van der Waals surface area contributed by atoms with E-state index in [1.165, 1.54) is 11.3 Å². The molecule has 0 spiro atoms. The molecule has 0 saturated heterocycles. The third kappa shape index (κ3) is 4.13. The van der Waals surface area contributed by atoms with E-state index in [0.29, 0.717) is 11.3 Å². The summed E-state index contributed by atoms with van der Waals surface area (Å²) >= 11 is 1.23. The monoisotopic (exact) mass is 254 g/mol. The lowest BCUT2D eigenvalue weighted by molar-refractivity contribution is -0.137. The summed E-state index contributed by atoms with van der Waals surface area (Å²) in [4.78, 5) is 24.0. The van der Waals surface area contributed by atoms with Gasteiger partial charge in [-0.1, -0.05) is 6.08 Å². The average molecular weight is 254 g/mol. The van der Waals surface area contributed by atoms with Crippen LogP contribution < -0.4 is 0 Å². The molecule has 0 aliphatic rings. The van der Waals surface area contributed by atoms with Gasteiger partial charge in [0.2, 0.25) is 0 Å². The lowest BCUT2D eigenvalue weighted by Gasteiger charge is -1.97. The van der Waals surface area contributed by atoms with E-state index in [-0.39, 0.29) is 13.2 Å². The predicted molar refractivity (Wildman–Crippen MR) is 66.0 cm³/mol. The van der Waals surface area contributed by atoms with E-state index in [9.17, 15) is 9.59 Å². The maximum atomic E-state index is 11.5. The van der Waals surface area contributed by atoms with E-state index in [4.69, 9.17) is 5.11 Å². The number of rotatable bonds is 6. The number of thiophene rings is 1. The Morgan fingerprint density at radius 2 is 2.24 bits per heavy atom. The van der Waals surface area contributed by atoms with Crippen LogP contribution in [0.2, 0.25) is 0 Å². The molecule has 0 atom stereocenters. The fourth-order valence-corrected chi connectivity index (χ4v) is 2.00. The second-order valence-electron chi connectivity index (χ2n) is 3.17. The standard InChI is InChI=1S/C12H14O4S/c1-2-16-12(15)11(14)10-7-6-9(17-10)5-3-4-8-13/h3,5-7,13H,2,4,8H2,1H3. The SMILES string of the molecule is CCOC(=O)C(=O)c1ccc(C=CCCO)s1. The highest BCUT2D eigenvalue weighted by Crippen LogP contribution is 2.19. The number of esters is 1. The van der Waals surface area contributed by atoms with Crippen molar-refractivity contribution < 1.29 is 19.4 Å². The number of carbonyl (C=O) groups is 2. The van der Waals surface area contributed by atoms with Gasteiger partial charge in [-0.2, -0.15) is 0 Å². The number of hydrogen-bond donors (Lipinski definition) is 1. The lowest BCUT2D eigenvalue weighted by Crippen LogP contribution is -2.16. The molecule has 1 aromatic rings. The molecule has 0 unspecified atom stereocenters. The van der Waals surface area contributed by atoms with Gasteiger partial charge in [0.05, 0.1) is 11.5 Å². The van der Waals surface area contributed by atoms with Crippen LogP contribution in [0.4, 0.5) is 0 Å². The molecular weight excluding hydrogens is 240 g/mol. The van der Waals surface area contributed by atoms with Crippen molar-refractivity contribution in [2.45, 2.75) is 13.3 Å². The van der Waals surface area contributed by atoms with Crippen molar-refractivity contribution in [3.63, 3.8) is 0 Å². The zero-order chi connectivity index (χ0) is 12.7. The summed E-state index contributed by atoms with van der Waals surface area (Å²) in [7, 11) is 0. The first-order chi connectivity index (χ1) is 8.19. The predicted octanol–water partition coefficient (Wildman–Crippen LogP) is 1.89. The molecule has 4 nitrogen and oxygen atoms in total. The number of ketones is 1. The molecule has 0 bridgehead atoms. The third-order valence-electron chi connectivity index (χ3n) is 1.89. The van der Waals surface area contributed by atoms with Gasteiger partial charge in [-0.15, -0.1) is 11.3 Å². The summed E-state index contributed by atoms with van der Waals surface area (Å²) in [6, 6.07) is 3.35. The Balaban J connectivity index is 2.67. The van der Waals surface area contributed by atoms with Gasteiger partial charge in [0, 0.05) is 11.5 Å². The van der Waals surface area contributed by atoms with Crippen LogP contribution in [0.15, 0.2) is 18.2 Å². The summed E-state index contributed by atoms with van der Waals surface area (Å²) in [6.45, 7) is 1.94. The zero-order valence-electron chi connectivity index (χ0n) is 9.51. The maximum absolute atomic E-state index is 11.5. The van der Waals surface area contributed by atoms with Gasteiger partial charge in [0.25, 0.3) is 5.78 Å². The van der Waals surface area contributed by atoms with Crippen LogP contribution in [-0.2, 0) is 9.53 Å². The molecule has 0 radical (unpaired) electrons. The Bertz CT molecular complexity index is 420. The Labute approximate surface area is 104 Å². The Morgan fingerprint density at radius 1 is 1.47 bits per heavy atom. The number of aliphatic hydroxyl groups excluding tert-OH is 1. The zero-order valence-corrected chi connectivity index (χ0v) is 10.3. The minimum Gasteiger partial charge on any atom is -0.460 e. The number of hydrogen-bond acceptors (Lipinski definition) is 5. The molecule has 0 fully saturated rings. The van der Waals surface area contributed by atoms with E-state index < -0.39 is 11.8 Å². The molecule has 17 heavy (non-hydrogen) atoms. The van der Waals surface area contributed by atoms with Gasteiger partial charge in [-0.25, -0.2) is 4.79 Å². The van der Waals surface area contributed by atoms with Gasteiger partial charge in [0.1, 0.15) is 0 Å². The van der Waals surface area contributed by atoms with Crippen molar-refractivity contribution in [3.8, 4) is 0 Å². The van der Waals surface area contributed by atoms with Crippen molar-refractivity contribution in [1.82, 2.24) is 0 Å². The fourth-order valence-electron chi connectivity index (χ4n) is 1.14. The molecule has 1 N–H and O–H groups in total. The van der Waals surface area contributed by atoms with E-state index in [1.807, 2.05) is 12.2 Å². The number of aliphatic hydroxyl groups is 1. The smallest absolute Gasteiger partial charge is 0.380 e. The normalized spacial score (nSPS) is 10.7. The molecule has 0 aliphatic heterocycles. The average Bonchev–Trinajstić information content (AvgIpc) is 2.77. The summed E-state index contributed by atoms with van der Waals surface area (Å²) in [6.07, 6.45) is 4.19. The quantitative estimate of drug-likeness (QED) is 0.478. The second kappa shape index (κ2) is 6.98. The highest BCUT2D eigenvalue weighted by Gasteiger charge is 2.18. The van der Waals surface area contributed by atoms with Gasteiger partial charge >= 0.3 is 5.97 Å². The molecule has 0 aliphatic carbocycles. The van der Waals surface area contributed by atoms with E-state index in [0.717, 1.165) is 4.88 Å². The highest BCUT2D eigenvalue weighted by molar-refractivity contribution is 7.15. The first-order valence-corrected chi connectivity index (χ1v) is 6.09. The molecule has 0 aromatic carbocycles. The van der Waals surface area contributed by atoms with Crippen molar-refractivity contribution in [3.05, 3.63) is 28.0 Å². The van der Waals surface area contributed by atoms with Gasteiger partial charge in [-0.3, -0.25) is 4.79 Å². The Hall–Kier alpha value is -1.46. The van der Waals surface area contributed by atoms with Crippen molar-refractivity contribution in [1.29, 1.82) is 0 Å². The fraction of sp³-hybridized carbons (Fsp3) is 0.333. The van der Waals surface area contributed by atoms with Crippen LogP contribution in [0.3, 0.4) is 0 Å². The summed E-state index contributed by atoms with van der Waals surface area (Å²) in [5.41, 5.74) is 0. The third-order valence-corrected chi connectivity index (χ3v) is 2.94. The molecule has 92 valence electrons. The first kappa shape index (κ1) is 13.6. The first-order valence-electron chi connectivity index (χ1n) is 5.27. The van der Waals surface area contributed by atoms with Crippen LogP contribution in [0.1, 0.15) is 27.9 Å². The summed E-state index contributed by atoms with van der Waals surface area (Å²) in [5, 5.41) is 8.61. The van der Waals surface area contributed by atoms with Crippen LogP contribution in [-0.4, -0.2) is 30.1 Å². The minimum atomic E-state index is -0.819. The van der Waals surface area contributed by atoms with E-state index in [2.05, 4.69) is 4.74 Å². The van der Waals surface area contributed by atoms with E-state index >= 15 is 0 Å². The number of ether oxygens (including phenoxy) is 1. The summed E-state index contributed by atoms with van der Waals surface area (Å²) in [5.74, 6) is -1.43. The Kier molecular flexibility index (Phi) is 5.59. The van der Waals surface area contributed by atoms with Crippen LogP contribution >= 0.6 is 11.3 Å². The van der Waals surface area contributed by atoms with Crippen molar-refractivity contribution in [2.24, 2.45) is 0 Å². The van der Waals surface area contributed by atoms with Crippen molar-refractivity contribution >= 4 is 29.2 Å². The van der Waals surface area contributed by atoms with Crippen LogP contribution in [0.25, 0.3) is 6.08 Å². The molecule has 0 saturated carbocycles. The summed E-state index contributed by atoms with van der Waals surface area (Å²) < 4.78 is 4.63. The van der Waals surface area contributed by atoms with E-state index in [1.54, 1.807) is 19.1 Å². The lowest BCUT2D eigenvalue weighted by atomic mass is 10.3. The Morgan fingerprint density at radius 3 is 2.88 bits per heavy atom. The molecular formula is C12H14O4S. The molecule has 0 amide bonds. The maximum Gasteiger partial charge on any atom is 0.380 e.